The lowest BCUT2D eigenvalue weighted by Crippen LogP contribution is -2.40. The maximum atomic E-state index is 12.0. The largest absolute Gasteiger partial charge is 0.486 e. The van der Waals surface area contributed by atoms with Crippen molar-refractivity contribution >= 4 is 33.5 Å². The fourth-order valence-corrected chi connectivity index (χ4v) is 3.42. The lowest BCUT2D eigenvalue weighted by atomic mass is 10.2. The number of aromatic nitrogens is 1. The molecule has 2 heterocycles. The summed E-state index contributed by atoms with van der Waals surface area (Å²) in [5.41, 5.74) is 0.943. The van der Waals surface area contributed by atoms with Crippen LogP contribution in [-0.2, 0) is 4.79 Å². The van der Waals surface area contributed by atoms with Crippen molar-refractivity contribution in [3.8, 4) is 11.5 Å². The van der Waals surface area contributed by atoms with Gasteiger partial charge in [-0.1, -0.05) is 24.3 Å². The highest BCUT2D eigenvalue weighted by atomic mass is 32.1. The molecule has 1 N–H and O–H groups in total. The molecule has 126 valence electrons. The number of benzene rings is 2. The lowest BCUT2D eigenvalue weighted by Gasteiger charge is -2.26. The third-order valence-corrected chi connectivity index (χ3v) is 4.76. The van der Waals surface area contributed by atoms with Crippen molar-refractivity contribution in [2.75, 3.05) is 13.2 Å². The van der Waals surface area contributed by atoms with Crippen molar-refractivity contribution in [3.05, 3.63) is 59.6 Å². The van der Waals surface area contributed by atoms with Crippen LogP contribution in [0.25, 0.3) is 16.3 Å². The number of ether oxygens (including phenoxy) is 2. The maximum absolute atomic E-state index is 12.0. The van der Waals surface area contributed by atoms with E-state index in [2.05, 4.69) is 10.3 Å². The molecule has 1 amide bonds. The zero-order valence-corrected chi connectivity index (χ0v) is 14.2. The summed E-state index contributed by atoms with van der Waals surface area (Å²) in [7, 11) is 0. The zero-order valence-electron chi connectivity index (χ0n) is 13.3. The highest BCUT2D eigenvalue weighted by molar-refractivity contribution is 7.19. The summed E-state index contributed by atoms with van der Waals surface area (Å²) < 4.78 is 12.5. The number of carbonyl (C=O) groups excluding carboxylic acids is 1. The first-order valence-electron chi connectivity index (χ1n) is 7.98. The van der Waals surface area contributed by atoms with Crippen LogP contribution in [0.4, 0.5) is 0 Å². The van der Waals surface area contributed by atoms with Crippen molar-refractivity contribution in [2.45, 2.75) is 6.10 Å². The number of hydrogen-bond donors (Lipinski definition) is 1. The third kappa shape index (κ3) is 3.64. The quantitative estimate of drug-likeness (QED) is 0.732. The van der Waals surface area contributed by atoms with E-state index in [1.54, 1.807) is 17.4 Å². The van der Waals surface area contributed by atoms with Crippen molar-refractivity contribution in [1.82, 2.24) is 10.3 Å². The van der Waals surface area contributed by atoms with Gasteiger partial charge in [0.25, 0.3) is 0 Å². The number of nitrogens with zero attached hydrogens (tertiary/aromatic N) is 1. The molecule has 1 atom stereocenters. The van der Waals surface area contributed by atoms with E-state index in [0.717, 1.165) is 21.0 Å². The van der Waals surface area contributed by atoms with Crippen molar-refractivity contribution in [3.63, 3.8) is 0 Å². The second-order valence-corrected chi connectivity index (χ2v) is 6.66. The lowest BCUT2D eigenvalue weighted by molar-refractivity contribution is -0.116. The Bertz CT molecular complexity index is 902. The number of carbonyl (C=O) groups is 1. The summed E-state index contributed by atoms with van der Waals surface area (Å²) in [6.45, 7) is 0.802. The molecule has 1 aliphatic rings. The molecule has 0 radical (unpaired) electrons. The minimum atomic E-state index is -0.199. The smallest absolute Gasteiger partial charge is 0.244 e. The third-order valence-electron chi connectivity index (χ3n) is 3.76. The molecule has 4 rings (SSSR count). The summed E-state index contributed by atoms with van der Waals surface area (Å²) in [4.78, 5) is 16.5. The molecule has 3 aromatic rings. The number of nitrogens with one attached hydrogen (secondary N) is 1. The van der Waals surface area contributed by atoms with Gasteiger partial charge in [0.15, 0.2) is 11.5 Å². The molecule has 0 spiro atoms. The minimum absolute atomic E-state index is 0.179. The number of hydrogen-bond acceptors (Lipinski definition) is 5. The average Bonchev–Trinajstić information content (AvgIpc) is 3.07. The van der Waals surface area contributed by atoms with Crippen LogP contribution in [-0.4, -0.2) is 30.1 Å². The van der Waals surface area contributed by atoms with Gasteiger partial charge in [-0.3, -0.25) is 4.79 Å². The van der Waals surface area contributed by atoms with E-state index in [0.29, 0.717) is 18.9 Å². The van der Waals surface area contributed by atoms with Crippen LogP contribution in [0.15, 0.2) is 54.6 Å². The van der Waals surface area contributed by atoms with Gasteiger partial charge >= 0.3 is 0 Å². The van der Waals surface area contributed by atoms with E-state index >= 15 is 0 Å². The van der Waals surface area contributed by atoms with E-state index in [1.807, 2.05) is 48.5 Å². The van der Waals surface area contributed by atoms with Crippen LogP contribution in [0, 0.1) is 0 Å². The molecule has 0 saturated carbocycles. The van der Waals surface area contributed by atoms with E-state index in [4.69, 9.17) is 9.47 Å². The van der Waals surface area contributed by atoms with E-state index < -0.39 is 0 Å². The molecule has 2 aromatic carbocycles. The van der Waals surface area contributed by atoms with Crippen LogP contribution >= 0.6 is 11.3 Å². The van der Waals surface area contributed by atoms with E-state index in [9.17, 15) is 4.79 Å². The summed E-state index contributed by atoms with van der Waals surface area (Å²) in [5.74, 6) is 1.26. The maximum Gasteiger partial charge on any atom is 0.244 e. The van der Waals surface area contributed by atoms with Crippen LogP contribution in [0.1, 0.15) is 5.01 Å². The zero-order chi connectivity index (χ0) is 17.1. The highest BCUT2D eigenvalue weighted by Crippen LogP contribution is 2.30. The molecular formula is C19H16N2O3S. The SMILES string of the molecule is O=C(/C=C/c1nc2ccccc2s1)NCC1COc2ccccc2O1. The predicted octanol–water partition coefficient (Wildman–Crippen LogP) is 3.27. The van der Waals surface area contributed by atoms with Gasteiger partial charge in [-0.05, 0) is 30.3 Å². The molecular weight excluding hydrogens is 336 g/mol. The summed E-state index contributed by atoms with van der Waals surface area (Å²) in [6, 6.07) is 15.4. The topological polar surface area (TPSA) is 60.5 Å². The van der Waals surface area contributed by atoms with Gasteiger partial charge in [0.1, 0.15) is 17.7 Å². The van der Waals surface area contributed by atoms with Gasteiger partial charge in [-0.25, -0.2) is 4.98 Å². The monoisotopic (exact) mass is 352 g/mol. The standard InChI is InChI=1S/C19H16N2O3S/c22-18(9-10-19-21-14-5-1-4-8-17(14)25-19)20-11-13-12-23-15-6-2-3-7-16(15)24-13/h1-10,13H,11-12H2,(H,20,22)/b10-9+. The predicted molar refractivity (Wildman–Crippen MR) is 98.0 cm³/mol. The van der Waals surface area contributed by atoms with Gasteiger partial charge in [0, 0.05) is 6.08 Å². The summed E-state index contributed by atoms with van der Waals surface area (Å²) in [5, 5.41) is 3.64. The Kier molecular flexibility index (Phi) is 4.35. The average molecular weight is 352 g/mol. The Labute approximate surface area is 148 Å². The number of amides is 1. The second kappa shape index (κ2) is 6.94. The molecule has 1 aromatic heterocycles. The van der Waals surface area contributed by atoms with Crippen LogP contribution in [0.5, 0.6) is 11.5 Å². The van der Waals surface area contributed by atoms with Crippen LogP contribution < -0.4 is 14.8 Å². The first kappa shape index (κ1) is 15.7. The molecule has 25 heavy (non-hydrogen) atoms. The molecule has 6 heteroatoms. The van der Waals surface area contributed by atoms with Crippen LogP contribution in [0.2, 0.25) is 0 Å². The number of rotatable bonds is 4. The van der Waals surface area contributed by atoms with Gasteiger partial charge in [-0.15, -0.1) is 11.3 Å². The molecule has 0 bridgehead atoms. The summed E-state index contributed by atoms with van der Waals surface area (Å²) in [6.07, 6.45) is 3.03. The molecule has 0 fully saturated rings. The fourth-order valence-electron chi connectivity index (χ4n) is 2.55. The first-order valence-corrected chi connectivity index (χ1v) is 8.79. The molecule has 5 nitrogen and oxygen atoms in total. The van der Waals surface area contributed by atoms with Crippen molar-refractivity contribution in [2.24, 2.45) is 0 Å². The van der Waals surface area contributed by atoms with Gasteiger partial charge in [-0.2, -0.15) is 0 Å². The highest BCUT2D eigenvalue weighted by Gasteiger charge is 2.20. The van der Waals surface area contributed by atoms with Crippen LogP contribution in [0.3, 0.4) is 0 Å². The molecule has 0 saturated heterocycles. The van der Waals surface area contributed by atoms with Gasteiger partial charge in [0.2, 0.25) is 5.91 Å². The van der Waals surface area contributed by atoms with Gasteiger partial charge < -0.3 is 14.8 Å². The molecule has 1 unspecified atom stereocenters. The Morgan fingerprint density at radius 3 is 2.88 bits per heavy atom. The Morgan fingerprint density at radius 1 is 1.20 bits per heavy atom. The normalized spacial score (nSPS) is 16.2. The minimum Gasteiger partial charge on any atom is -0.486 e. The first-order chi connectivity index (χ1) is 12.3. The molecule has 0 aliphatic carbocycles. The Morgan fingerprint density at radius 2 is 2.00 bits per heavy atom. The number of para-hydroxylation sites is 3. The second-order valence-electron chi connectivity index (χ2n) is 5.60. The number of thiazole rings is 1. The van der Waals surface area contributed by atoms with Crippen molar-refractivity contribution < 1.29 is 14.3 Å². The van der Waals surface area contributed by atoms with E-state index in [-0.39, 0.29) is 12.0 Å². The van der Waals surface area contributed by atoms with E-state index in [1.165, 1.54) is 6.08 Å². The Balaban J connectivity index is 1.32. The van der Waals surface area contributed by atoms with Crippen molar-refractivity contribution in [1.29, 1.82) is 0 Å². The fraction of sp³-hybridized carbons (Fsp3) is 0.158. The Hall–Kier alpha value is -2.86. The molecule has 1 aliphatic heterocycles. The van der Waals surface area contributed by atoms with Gasteiger partial charge in [0.05, 0.1) is 16.8 Å². The number of fused-ring (bicyclic) bond motifs is 2. The summed E-state index contributed by atoms with van der Waals surface area (Å²) >= 11 is 1.56.